The van der Waals surface area contributed by atoms with Gasteiger partial charge < -0.3 is 19.2 Å². The first kappa shape index (κ1) is 38.0. The molecule has 0 aliphatic rings. The summed E-state index contributed by atoms with van der Waals surface area (Å²) in [7, 11) is -5.84. The molecule has 0 radical (unpaired) electrons. The van der Waals surface area contributed by atoms with Crippen molar-refractivity contribution < 1.29 is 35.5 Å². The number of halogens is 3. The fourth-order valence-corrected chi connectivity index (χ4v) is 9.09. The first-order valence-corrected chi connectivity index (χ1v) is 20.8. The molecule has 0 saturated carbocycles. The monoisotopic (exact) mass is 714 g/mol. The van der Waals surface area contributed by atoms with Gasteiger partial charge in [-0.1, -0.05) is 81.4 Å². The van der Waals surface area contributed by atoms with Crippen LogP contribution in [0.3, 0.4) is 0 Å². The Hall–Kier alpha value is -3.84. The number of hydrogen-bond donors (Lipinski definition) is 2. The maximum Gasteiger partial charge on any atom is 0.387 e. The Labute approximate surface area is 289 Å². The molecule has 4 rings (SSSR count). The van der Waals surface area contributed by atoms with Crippen LogP contribution in [0, 0.1) is 5.82 Å². The molecule has 0 saturated heterocycles. The molecule has 4 aromatic carbocycles. The number of hydrogen-bond acceptors (Lipinski definition) is 6. The highest BCUT2D eigenvalue weighted by Gasteiger charge is 2.33. The first-order valence-electron chi connectivity index (χ1n) is 16.4. The molecule has 2 atom stereocenters. The van der Waals surface area contributed by atoms with E-state index in [9.17, 15) is 21.6 Å². The summed E-state index contributed by atoms with van der Waals surface area (Å²) >= 11 is 0. The van der Waals surface area contributed by atoms with Crippen LogP contribution in [0.25, 0.3) is 0 Å². The van der Waals surface area contributed by atoms with Crippen molar-refractivity contribution in [3.63, 3.8) is 0 Å². The minimum absolute atomic E-state index is 0.0468. The maximum absolute atomic E-state index is 13.7. The lowest BCUT2D eigenvalue weighted by Gasteiger charge is -2.35. The minimum atomic E-state index is -3.65. The second-order valence-electron chi connectivity index (χ2n) is 12.0. The van der Waals surface area contributed by atoms with Gasteiger partial charge >= 0.3 is 6.61 Å². The Bertz CT molecular complexity index is 1700. The van der Waals surface area contributed by atoms with Gasteiger partial charge in [0.15, 0.2) is 8.32 Å². The fourth-order valence-electron chi connectivity index (χ4n) is 5.71. The molecule has 0 aromatic heterocycles. The van der Waals surface area contributed by atoms with Gasteiger partial charge in [0.1, 0.15) is 23.9 Å². The molecular formula is C37H45F3N2O5SSi. The van der Waals surface area contributed by atoms with Crippen LogP contribution < -0.4 is 19.5 Å². The zero-order valence-corrected chi connectivity index (χ0v) is 30.1. The van der Waals surface area contributed by atoms with Crippen LogP contribution in [0.5, 0.6) is 11.5 Å². The van der Waals surface area contributed by atoms with Gasteiger partial charge in [0.05, 0.1) is 18.0 Å². The van der Waals surface area contributed by atoms with Crippen molar-refractivity contribution in [2.75, 3.05) is 17.5 Å². The minimum Gasteiger partial charge on any atom is -0.487 e. The van der Waals surface area contributed by atoms with E-state index in [0.717, 1.165) is 46.6 Å². The van der Waals surface area contributed by atoms with E-state index < -0.39 is 31.1 Å². The summed E-state index contributed by atoms with van der Waals surface area (Å²) in [5, 5.41) is 3.63. The van der Waals surface area contributed by atoms with Crippen LogP contribution in [0.2, 0.25) is 18.1 Å². The van der Waals surface area contributed by atoms with Crippen LogP contribution in [-0.2, 0) is 27.5 Å². The van der Waals surface area contributed by atoms with Crippen LogP contribution >= 0.6 is 0 Å². The van der Waals surface area contributed by atoms with Crippen molar-refractivity contribution in [3.8, 4) is 11.5 Å². The molecule has 1 unspecified atom stereocenters. The zero-order chi connectivity index (χ0) is 35.4. The van der Waals surface area contributed by atoms with Crippen molar-refractivity contribution in [2.45, 2.75) is 70.7 Å². The SMILES string of the molecule is CC[Si](CC)(CC)O[C@@H](CNC(Cc1ccc(F)cc1)c1ccc(OC(F)F)cc1)c1ccc(OCc2ccccc2)c(NS(C)(=O)=O)c1. The Morgan fingerprint density at radius 1 is 0.796 bits per heavy atom. The molecule has 0 aliphatic heterocycles. The number of anilines is 1. The van der Waals surface area contributed by atoms with E-state index in [0.29, 0.717) is 24.4 Å². The third-order valence-corrected chi connectivity index (χ3v) is 13.9. The predicted molar refractivity (Wildman–Crippen MR) is 191 cm³/mol. The molecule has 0 aliphatic carbocycles. The lowest BCUT2D eigenvalue weighted by atomic mass is 9.98. The molecule has 0 bridgehead atoms. The van der Waals surface area contributed by atoms with Crippen molar-refractivity contribution in [3.05, 3.63) is 125 Å². The van der Waals surface area contributed by atoms with Gasteiger partial charge in [-0.3, -0.25) is 4.72 Å². The molecule has 2 N–H and O–H groups in total. The molecule has 264 valence electrons. The quantitative estimate of drug-likeness (QED) is 0.0944. The standard InChI is InChI=1S/C37H45F3N2O5SSi/c1-5-49(6-2,7-3)47-36(30-17-22-35(34(24-30)42-48(4,43)44)45-26-28-11-9-8-10-12-28)25-41-33(23-27-13-18-31(38)19-14-27)29-15-20-32(21-16-29)46-37(39)40/h8-22,24,33,36-37,41-42H,5-7,23,25-26H2,1-4H3/t33?,36-/m0/s1. The van der Waals surface area contributed by atoms with Gasteiger partial charge in [0.2, 0.25) is 10.0 Å². The van der Waals surface area contributed by atoms with Crippen LogP contribution in [-0.4, -0.2) is 36.1 Å². The highest BCUT2D eigenvalue weighted by Crippen LogP contribution is 2.35. The lowest BCUT2D eigenvalue weighted by molar-refractivity contribution is -0.0498. The second-order valence-corrected chi connectivity index (χ2v) is 18.5. The molecule has 7 nitrogen and oxygen atoms in total. The fraction of sp³-hybridized carbons (Fsp3) is 0.351. The molecule has 12 heteroatoms. The van der Waals surface area contributed by atoms with E-state index in [1.807, 2.05) is 36.4 Å². The number of rotatable bonds is 19. The summed E-state index contributed by atoms with van der Waals surface area (Å²) in [6.45, 7) is 4.08. The highest BCUT2D eigenvalue weighted by atomic mass is 32.2. The predicted octanol–water partition coefficient (Wildman–Crippen LogP) is 9.01. The maximum atomic E-state index is 13.7. The summed E-state index contributed by atoms with van der Waals surface area (Å²) in [5.74, 6) is 0.0884. The van der Waals surface area contributed by atoms with E-state index in [4.69, 9.17) is 9.16 Å². The Kier molecular flexibility index (Phi) is 13.7. The average molecular weight is 715 g/mol. The summed E-state index contributed by atoms with van der Waals surface area (Å²) in [5.41, 5.74) is 3.70. The molecular weight excluding hydrogens is 670 g/mol. The van der Waals surface area contributed by atoms with Crippen molar-refractivity contribution in [1.29, 1.82) is 0 Å². The Morgan fingerprint density at radius 2 is 1.43 bits per heavy atom. The topological polar surface area (TPSA) is 85.9 Å². The number of ether oxygens (including phenoxy) is 2. The van der Waals surface area contributed by atoms with Gasteiger partial charge in [0.25, 0.3) is 0 Å². The van der Waals surface area contributed by atoms with E-state index in [1.165, 1.54) is 24.3 Å². The largest absolute Gasteiger partial charge is 0.487 e. The van der Waals surface area contributed by atoms with E-state index in [1.54, 1.807) is 36.4 Å². The third kappa shape index (κ3) is 11.6. The smallest absolute Gasteiger partial charge is 0.387 e. The lowest BCUT2D eigenvalue weighted by Crippen LogP contribution is -2.40. The summed E-state index contributed by atoms with van der Waals surface area (Å²) < 4.78 is 84.6. The zero-order valence-electron chi connectivity index (χ0n) is 28.3. The molecule has 49 heavy (non-hydrogen) atoms. The number of alkyl halides is 2. The summed E-state index contributed by atoms with van der Waals surface area (Å²) in [4.78, 5) is 0. The average Bonchev–Trinajstić information content (AvgIpc) is 3.08. The normalized spacial score (nSPS) is 13.2. The van der Waals surface area contributed by atoms with E-state index in [2.05, 4.69) is 35.5 Å². The number of nitrogens with one attached hydrogen (secondary N) is 2. The molecule has 0 fully saturated rings. The molecule has 4 aromatic rings. The highest BCUT2D eigenvalue weighted by molar-refractivity contribution is 7.92. The van der Waals surface area contributed by atoms with Crippen molar-refractivity contribution in [1.82, 2.24) is 5.32 Å². The number of benzene rings is 4. The summed E-state index contributed by atoms with van der Waals surface area (Å²) in [6, 6.07) is 30.1. The Morgan fingerprint density at radius 3 is 2.02 bits per heavy atom. The first-order chi connectivity index (χ1) is 23.4. The third-order valence-electron chi connectivity index (χ3n) is 8.64. The molecule has 0 heterocycles. The molecule has 0 amide bonds. The van der Waals surface area contributed by atoms with Crippen LogP contribution in [0.15, 0.2) is 97.1 Å². The van der Waals surface area contributed by atoms with Gasteiger partial charge in [-0.25, -0.2) is 12.8 Å². The van der Waals surface area contributed by atoms with Gasteiger partial charge in [0, 0.05) is 12.6 Å². The van der Waals surface area contributed by atoms with Gasteiger partial charge in [-0.2, -0.15) is 8.78 Å². The Balaban J connectivity index is 1.69. The van der Waals surface area contributed by atoms with Crippen LogP contribution in [0.4, 0.5) is 18.9 Å². The van der Waals surface area contributed by atoms with E-state index >= 15 is 0 Å². The molecule has 0 spiro atoms. The number of sulfonamides is 1. The summed E-state index contributed by atoms with van der Waals surface area (Å²) in [6.07, 6.45) is 1.11. The van der Waals surface area contributed by atoms with Gasteiger partial charge in [-0.15, -0.1) is 0 Å². The second kappa shape index (κ2) is 17.7. The van der Waals surface area contributed by atoms with E-state index in [-0.39, 0.29) is 24.2 Å². The van der Waals surface area contributed by atoms with Crippen LogP contribution in [0.1, 0.15) is 55.2 Å². The van der Waals surface area contributed by atoms with Crippen molar-refractivity contribution in [2.24, 2.45) is 0 Å². The van der Waals surface area contributed by atoms with Gasteiger partial charge in [-0.05, 0) is 83.2 Å². The van der Waals surface area contributed by atoms with Crippen molar-refractivity contribution >= 4 is 24.0 Å².